The molecule has 1 aliphatic heterocycles. The molecule has 0 aliphatic carbocycles. The fourth-order valence-electron chi connectivity index (χ4n) is 4.62. The van der Waals surface area contributed by atoms with Gasteiger partial charge in [-0.1, -0.05) is 12.1 Å². The molecule has 0 bridgehead atoms. The van der Waals surface area contributed by atoms with Crippen molar-refractivity contribution < 1.29 is 18.7 Å². The monoisotopic (exact) mass is 507 g/mol. The van der Waals surface area contributed by atoms with Gasteiger partial charge in [0.25, 0.3) is 0 Å². The summed E-state index contributed by atoms with van der Waals surface area (Å²) in [6.45, 7) is 9.31. The Bertz CT molecular complexity index is 1500. The largest absolute Gasteiger partial charge is 0.467 e. The van der Waals surface area contributed by atoms with E-state index >= 15 is 4.39 Å². The van der Waals surface area contributed by atoms with Crippen LogP contribution in [-0.2, 0) is 11.8 Å². The molecular formula is C26H30FN7O3. The molecule has 3 aromatic heterocycles. The van der Waals surface area contributed by atoms with Gasteiger partial charge in [-0.2, -0.15) is 15.1 Å². The molecule has 1 aromatic carbocycles. The topological polar surface area (TPSA) is 98.5 Å². The molecule has 0 spiro atoms. The third kappa shape index (κ3) is 4.49. The fourth-order valence-corrected chi connectivity index (χ4v) is 4.62. The molecule has 4 heterocycles. The quantitative estimate of drug-likeness (QED) is 0.409. The normalized spacial score (nSPS) is 14.5. The van der Waals surface area contributed by atoms with Crippen LogP contribution in [0.2, 0.25) is 0 Å². The second-order valence-corrected chi connectivity index (χ2v) is 10.1. The Balaban J connectivity index is 1.54. The van der Waals surface area contributed by atoms with Crippen LogP contribution in [0.3, 0.4) is 0 Å². The summed E-state index contributed by atoms with van der Waals surface area (Å²) in [5, 5.41) is 5.70. The number of nitrogens with zero attached hydrogens (tertiary/aromatic N) is 7. The first-order chi connectivity index (χ1) is 17.6. The highest BCUT2D eigenvalue weighted by Gasteiger charge is 2.29. The van der Waals surface area contributed by atoms with Crippen LogP contribution in [0.25, 0.3) is 33.1 Å². The SMILES string of the molecule is COc1nc(N2CCN(C(=O)OC(C)(C)C)CC2)c2cnc(-c3c(C)ccc4cnn(C)c34)c(F)c2n1. The van der Waals surface area contributed by atoms with Crippen molar-refractivity contribution in [1.29, 1.82) is 0 Å². The predicted octanol–water partition coefficient (Wildman–Crippen LogP) is 4.09. The number of aryl methyl sites for hydroxylation is 2. The Morgan fingerprint density at radius 2 is 1.81 bits per heavy atom. The van der Waals surface area contributed by atoms with Gasteiger partial charge >= 0.3 is 12.1 Å². The number of ether oxygens (including phenoxy) is 2. The van der Waals surface area contributed by atoms with E-state index in [1.54, 1.807) is 22.0 Å². The fraction of sp³-hybridized carbons (Fsp3) is 0.423. The van der Waals surface area contributed by atoms with Crippen molar-refractivity contribution in [3.8, 4) is 17.3 Å². The van der Waals surface area contributed by atoms with Crippen LogP contribution in [0, 0.1) is 12.7 Å². The summed E-state index contributed by atoms with van der Waals surface area (Å²) >= 11 is 0. The van der Waals surface area contributed by atoms with Gasteiger partial charge in [0, 0.05) is 50.4 Å². The summed E-state index contributed by atoms with van der Waals surface area (Å²) < 4.78 is 28.7. The summed E-state index contributed by atoms with van der Waals surface area (Å²) in [7, 11) is 3.27. The van der Waals surface area contributed by atoms with Crippen LogP contribution in [0.15, 0.2) is 24.5 Å². The Hall–Kier alpha value is -4.02. The molecule has 1 saturated heterocycles. The zero-order valence-corrected chi connectivity index (χ0v) is 21.9. The number of piperazine rings is 1. The minimum atomic E-state index is -0.566. The number of rotatable bonds is 3. The molecule has 1 amide bonds. The Morgan fingerprint density at radius 3 is 2.49 bits per heavy atom. The standard InChI is InChI=1S/C26H30FN7O3/c1-15-7-8-16-13-29-32(5)22(16)18(15)21-19(27)20-17(14-28-21)23(31-24(30-20)36-6)33-9-11-34(12-10-33)25(35)37-26(2,3)4/h7-8,13-14H,9-12H2,1-6H3. The first-order valence-electron chi connectivity index (χ1n) is 12.1. The van der Waals surface area contributed by atoms with Gasteiger partial charge in [-0.25, -0.2) is 9.18 Å². The maximum atomic E-state index is 16.2. The van der Waals surface area contributed by atoms with Crippen LogP contribution in [0.1, 0.15) is 26.3 Å². The number of amides is 1. The third-order valence-electron chi connectivity index (χ3n) is 6.40. The van der Waals surface area contributed by atoms with Crippen molar-refractivity contribution in [2.45, 2.75) is 33.3 Å². The van der Waals surface area contributed by atoms with E-state index in [1.165, 1.54) is 7.11 Å². The lowest BCUT2D eigenvalue weighted by Crippen LogP contribution is -2.50. The van der Waals surface area contributed by atoms with Gasteiger partial charge < -0.3 is 19.3 Å². The second kappa shape index (κ2) is 9.13. The van der Waals surface area contributed by atoms with E-state index in [1.807, 2.05) is 51.8 Å². The number of hydrogen-bond donors (Lipinski definition) is 0. The molecule has 0 N–H and O–H groups in total. The summed E-state index contributed by atoms with van der Waals surface area (Å²) in [5.74, 6) is -0.0391. The van der Waals surface area contributed by atoms with E-state index < -0.39 is 11.4 Å². The van der Waals surface area contributed by atoms with Gasteiger partial charge in [0.1, 0.15) is 22.6 Å². The number of carbonyl (C=O) groups is 1. The minimum Gasteiger partial charge on any atom is -0.467 e. The number of halogens is 1. The number of fused-ring (bicyclic) bond motifs is 2. The van der Waals surface area contributed by atoms with Gasteiger partial charge in [0.15, 0.2) is 5.82 Å². The Labute approximate surface area is 214 Å². The second-order valence-electron chi connectivity index (χ2n) is 10.1. The molecular weight excluding hydrogens is 477 g/mol. The van der Waals surface area contributed by atoms with Crippen LogP contribution in [-0.4, -0.2) is 74.6 Å². The van der Waals surface area contributed by atoms with Gasteiger partial charge in [0.2, 0.25) is 0 Å². The van der Waals surface area contributed by atoms with Crippen LogP contribution in [0.4, 0.5) is 15.0 Å². The van der Waals surface area contributed by atoms with E-state index in [0.717, 1.165) is 16.5 Å². The lowest BCUT2D eigenvalue weighted by molar-refractivity contribution is 0.0240. The van der Waals surface area contributed by atoms with Crippen LogP contribution < -0.4 is 9.64 Å². The summed E-state index contributed by atoms with van der Waals surface area (Å²) in [6, 6.07) is 3.95. The Morgan fingerprint density at radius 1 is 1.08 bits per heavy atom. The lowest BCUT2D eigenvalue weighted by atomic mass is 10.0. The number of pyridine rings is 1. The predicted molar refractivity (Wildman–Crippen MR) is 138 cm³/mol. The van der Waals surface area contributed by atoms with E-state index in [9.17, 15) is 4.79 Å². The van der Waals surface area contributed by atoms with Crippen molar-refractivity contribution in [2.75, 3.05) is 38.2 Å². The molecule has 1 aliphatic rings. The molecule has 194 valence electrons. The zero-order valence-electron chi connectivity index (χ0n) is 21.9. The molecule has 37 heavy (non-hydrogen) atoms. The van der Waals surface area contributed by atoms with E-state index in [4.69, 9.17) is 9.47 Å². The number of benzene rings is 1. The van der Waals surface area contributed by atoms with Crippen molar-refractivity contribution in [2.24, 2.45) is 7.05 Å². The van der Waals surface area contributed by atoms with Crippen molar-refractivity contribution >= 4 is 33.7 Å². The number of hydrogen-bond acceptors (Lipinski definition) is 8. The van der Waals surface area contributed by atoms with Gasteiger partial charge in [0.05, 0.1) is 24.2 Å². The minimum absolute atomic E-state index is 0.0589. The van der Waals surface area contributed by atoms with E-state index in [2.05, 4.69) is 20.1 Å². The molecule has 5 rings (SSSR count). The summed E-state index contributed by atoms with van der Waals surface area (Å²) in [4.78, 5) is 29.6. The molecule has 0 atom stereocenters. The lowest BCUT2D eigenvalue weighted by Gasteiger charge is -2.36. The number of methoxy groups -OCH3 is 1. The number of anilines is 1. The van der Waals surface area contributed by atoms with E-state index in [0.29, 0.717) is 42.9 Å². The summed E-state index contributed by atoms with van der Waals surface area (Å²) in [5.41, 5.74) is 2.10. The maximum Gasteiger partial charge on any atom is 0.410 e. The molecule has 4 aromatic rings. The summed E-state index contributed by atoms with van der Waals surface area (Å²) in [6.07, 6.45) is 3.00. The molecule has 0 unspecified atom stereocenters. The first kappa shape index (κ1) is 24.7. The number of carbonyl (C=O) groups excluding carboxylic acids is 1. The molecule has 0 saturated carbocycles. The molecule has 0 radical (unpaired) electrons. The molecule has 1 fully saturated rings. The first-order valence-corrected chi connectivity index (χ1v) is 12.1. The highest BCUT2D eigenvalue weighted by atomic mass is 19.1. The van der Waals surface area contributed by atoms with Gasteiger partial charge in [-0.05, 0) is 33.3 Å². The highest BCUT2D eigenvalue weighted by molar-refractivity contribution is 5.98. The molecule has 11 heteroatoms. The molecule has 10 nitrogen and oxygen atoms in total. The zero-order chi connectivity index (χ0) is 26.5. The smallest absolute Gasteiger partial charge is 0.410 e. The van der Waals surface area contributed by atoms with Crippen molar-refractivity contribution in [3.63, 3.8) is 0 Å². The highest BCUT2D eigenvalue weighted by Crippen LogP contribution is 2.36. The van der Waals surface area contributed by atoms with Crippen LogP contribution >= 0.6 is 0 Å². The van der Waals surface area contributed by atoms with Crippen LogP contribution in [0.5, 0.6) is 6.01 Å². The Kier molecular flexibility index (Phi) is 6.09. The average Bonchev–Trinajstić information content (AvgIpc) is 3.24. The van der Waals surface area contributed by atoms with Crippen molar-refractivity contribution in [1.82, 2.24) is 29.6 Å². The third-order valence-corrected chi connectivity index (χ3v) is 6.40. The van der Waals surface area contributed by atoms with E-state index in [-0.39, 0.29) is 23.3 Å². The van der Waals surface area contributed by atoms with Crippen molar-refractivity contribution in [3.05, 3.63) is 35.9 Å². The van der Waals surface area contributed by atoms with Gasteiger partial charge in [-0.15, -0.1) is 0 Å². The maximum absolute atomic E-state index is 16.2. The van der Waals surface area contributed by atoms with Gasteiger partial charge in [-0.3, -0.25) is 9.67 Å². The number of aromatic nitrogens is 5. The average molecular weight is 508 g/mol.